The highest BCUT2D eigenvalue weighted by molar-refractivity contribution is 7.99. The van der Waals surface area contributed by atoms with Gasteiger partial charge in [0.25, 0.3) is 5.22 Å². The molecule has 1 heterocycles. The summed E-state index contributed by atoms with van der Waals surface area (Å²) in [6, 6.07) is 16.3. The minimum atomic E-state index is -0.0534. The predicted octanol–water partition coefficient (Wildman–Crippen LogP) is 5.77. The third-order valence-electron chi connectivity index (χ3n) is 5.05. The van der Waals surface area contributed by atoms with Gasteiger partial charge in [0.1, 0.15) is 0 Å². The number of nitrogens with zero attached hydrogens (tertiary/aromatic N) is 2. The zero-order valence-electron chi connectivity index (χ0n) is 18.2. The molecule has 3 rings (SSSR count). The van der Waals surface area contributed by atoms with Crippen LogP contribution in [0.5, 0.6) is 0 Å². The second kappa shape index (κ2) is 9.94. The summed E-state index contributed by atoms with van der Waals surface area (Å²) >= 11 is 1.25. The third-order valence-corrected chi connectivity index (χ3v) is 5.87. The fraction of sp³-hybridized carbons (Fsp3) is 0.375. The van der Waals surface area contributed by atoms with Gasteiger partial charge in [0.2, 0.25) is 11.8 Å². The zero-order chi connectivity index (χ0) is 21.7. The van der Waals surface area contributed by atoms with Crippen molar-refractivity contribution in [1.29, 1.82) is 0 Å². The Bertz CT molecular complexity index is 980. The lowest BCUT2D eigenvalue weighted by Crippen LogP contribution is -2.33. The summed E-state index contributed by atoms with van der Waals surface area (Å²) < 4.78 is 5.73. The molecule has 0 aliphatic rings. The van der Waals surface area contributed by atoms with Gasteiger partial charge in [-0.2, -0.15) is 0 Å². The Labute approximate surface area is 182 Å². The summed E-state index contributed by atoms with van der Waals surface area (Å²) in [5.74, 6) is 1.41. The number of carbonyl (C=O) groups excluding carboxylic acids is 1. The first-order valence-corrected chi connectivity index (χ1v) is 11.2. The van der Waals surface area contributed by atoms with Crippen LogP contribution in [0.4, 0.5) is 0 Å². The molecule has 0 aliphatic heterocycles. The fourth-order valence-electron chi connectivity index (χ4n) is 3.26. The average molecular weight is 424 g/mol. The van der Waals surface area contributed by atoms with Gasteiger partial charge >= 0.3 is 0 Å². The minimum absolute atomic E-state index is 0.0375. The highest BCUT2D eigenvalue weighted by Crippen LogP contribution is 2.27. The molecule has 0 saturated heterocycles. The summed E-state index contributed by atoms with van der Waals surface area (Å²) in [4.78, 5) is 12.6. The number of hydrogen-bond acceptors (Lipinski definition) is 5. The number of hydrogen-bond donors (Lipinski definition) is 1. The van der Waals surface area contributed by atoms with Crippen molar-refractivity contribution >= 4 is 17.7 Å². The molecule has 1 aromatic heterocycles. The largest absolute Gasteiger partial charge is 0.411 e. The van der Waals surface area contributed by atoms with Gasteiger partial charge < -0.3 is 9.73 Å². The Balaban J connectivity index is 1.61. The van der Waals surface area contributed by atoms with E-state index in [1.807, 2.05) is 31.2 Å². The second-order valence-corrected chi connectivity index (χ2v) is 9.01. The summed E-state index contributed by atoms with van der Waals surface area (Å²) in [5, 5.41) is 11.7. The van der Waals surface area contributed by atoms with Crippen LogP contribution in [0.25, 0.3) is 11.5 Å². The molecule has 5 nitrogen and oxygen atoms in total. The molecule has 2 aromatic carbocycles. The molecule has 0 spiro atoms. The van der Waals surface area contributed by atoms with Gasteiger partial charge in [-0.3, -0.25) is 4.79 Å². The lowest BCUT2D eigenvalue weighted by Gasteiger charge is -2.23. The quantitative estimate of drug-likeness (QED) is 0.466. The van der Waals surface area contributed by atoms with E-state index in [1.165, 1.54) is 17.3 Å². The fourth-order valence-corrected chi connectivity index (χ4v) is 3.83. The van der Waals surface area contributed by atoms with Crippen LogP contribution in [-0.2, 0) is 4.79 Å². The van der Waals surface area contributed by atoms with E-state index in [-0.39, 0.29) is 23.6 Å². The Kier molecular flexibility index (Phi) is 7.32. The van der Waals surface area contributed by atoms with E-state index < -0.39 is 0 Å². The highest BCUT2D eigenvalue weighted by atomic mass is 32.2. The van der Waals surface area contributed by atoms with E-state index >= 15 is 0 Å². The standard InChI is InChI=1S/C24H29N3O2S/c1-15(2)18-10-12-19(13-11-18)22(16(3)4)25-21(28)14-30-24-27-26-23(29-24)20-9-7-6-8-17(20)5/h6-13,15-16,22H,14H2,1-5H3,(H,25,28)/t22-/m1/s1. The van der Waals surface area contributed by atoms with Crippen molar-refractivity contribution in [3.05, 3.63) is 65.2 Å². The number of rotatable bonds is 8. The minimum Gasteiger partial charge on any atom is -0.411 e. The Morgan fingerprint density at radius 1 is 1.00 bits per heavy atom. The molecule has 0 aliphatic carbocycles. The Hall–Kier alpha value is -2.60. The predicted molar refractivity (Wildman–Crippen MR) is 121 cm³/mol. The first kappa shape index (κ1) is 22.1. The van der Waals surface area contributed by atoms with Crippen molar-refractivity contribution in [2.75, 3.05) is 5.75 Å². The van der Waals surface area contributed by atoms with Crippen LogP contribution in [0.3, 0.4) is 0 Å². The number of aromatic nitrogens is 2. The molecule has 0 radical (unpaired) electrons. The first-order valence-electron chi connectivity index (χ1n) is 10.3. The molecule has 6 heteroatoms. The van der Waals surface area contributed by atoms with E-state index in [1.54, 1.807) is 0 Å². The number of aryl methyl sites for hydroxylation is 1. The van der Waals surface area contributed by atoms with Gasteiger partial charge in [-0.05, 0) is 41.5 Å². The monoisotopic (exact) mass is 423 g/mol. The molecule has 30 heavy (non-hydrogen) atoms. The summed E-state index contributed by atoms with van der Waals surface area (Å²) in [7, 11) is 0. The number of carbonyl (C=O) groups is 1. The molecule has 1 amide bonds. The summed E-state index contributed by atoms with van der Waals surface area (Å²) in [6.45, 7) is 10.6. The zero-order valence-corrected chi connectivity index (χ0v) is 19.0. The van der Waals surface area contributed by atoms with Crippen molar-refractivity contribution in [3.63, 3.8) is 0 Å². The van der Waals surface area contributed by atoms with Crippen molar-refractivity contribution < 1.29 is 9.21 Å². The average Bonchev–Trinajstić information content (AvgIpc) is 3.19. The molecule has 158 valence electrons. The van der Waals surface area contributed by atoms with Crippen molar-refractivity contribution in [2.24, 2.45) is 5.92 Å². The lowest BCUT2D eigenvalue weighted by molar-refractivity contribution is -0.119. The van der Waals surface area contributed by atoms with E-state index in [0.29, 0.717) is 17.0 Å². The molecule has 0 saturated carbocycles. The first-order chi connectivity index (χ1) is 14.3. The van der Waals surface area contributed by atoms with Crippen molar-refractivity contribution in [3.8, 4) is 11.5 Å². The molecular weight excluding hydrogens is 394 g/mol. The number of nitrogens with one attached hydrogen (secondary N) is 1. The number of amides is 1. The van der Waals surface area contributed by atoms with Crippen LogP contribution in [-0.4, -0.2) is 21.9 Å². The summed E-state index contributed by atoms with van der Waals surface area (Å²) in [5.41, 5.74) is 4.39. The maximum atomic E-state index is 12.6. The van der Waals surface area contributed by atoms with Crippen LogP contribution in [0.2, 0.25) is 0 Å². The normalized spacial score (nSPS) is 12.4. The third kappa shape index (κ3) is 5.51. The molecule has 0 unspecified atom stereocenters. The topological polar surface area (TPSA) is 68.0 Å². The van der Waals surface area contributed by atoms with Crippen molar-refractivity contribution in [2.45, 2.75) is 51.8 Å². The second-order valence-electron chi connectivity index (χ2n) is 8.09. The maximum absolute atomic E-state index is 12.6. The van der Waals surface area contributed by atoms with Crippen LogP contribution in [0, 0.1) is 12.8 Å². The molecule has 1 atom stereocenters. The van der Waals surface area contributed by atoms with Gasteiger partial charge in [-0.15, -0.1) is 10.2 Å². The smallest absolute Gasteiger partial charge is 0.277 e. The van der Waals surface area contributed by atoms with E-state index in [4.69, 9.17) is 4.42 Å². The van der Waals surface area contributed by atoms with Crippen LogP contribution < -0.4 is 5.32 Å². The van der Waals surface area contributed by atoms with Gasteiger partial charge in [0.05, 0.1) is 11.8 Å². The molecule has 1 N–H and O–H groups in total. The lowest BCUT2D eigenvalue weighted by atomic mass is 9.93. The van der Waals surface area contributed by atoms with Crippen molar-refractivity contribution in [1.82, 2.24) is 15.5 Å². The highest BCUT2D eigenvalue weighted by Gasteiger charge is 2.19. The summed E-state index contributed by atoms with van der Waals surface area (Å²) in [6.07, 6.45) is 0. The Morgan fingerprint density at radius 2 is 1.67 bits per heavy atom. The molecule has 0 bridgehead atoms. The Morgan fingerprint density at radius 3 is 2.30 bits per heavy atom. The molecule has 3 aromatic rings. The van der Waals surface area contributed by atoms with Crippen LogP contribution in [0.15, 0.2) is 58.2 Å². The van der Waals surface area contributed by atoms with E-state index in [0.717, 1.165) is 16.7 Å². The van der Waals surface area contributed by atoms with Gasteiger partial charge in [-0.1, -0.05) is 81.9 Å². The van der Waals surface area contributed by atoms with Crippen LogP contribution >= 0.6 is 11.8 Å². The maximum Gasteiger partial charge on any atom is 0.277 e. The van der Waals surface area contributed by atoms with Gasteiger partial charge in [0, 0.05) is 5.56 Å². The number of benzene rings is 2. The van der Waals surface area contributed by atoms with Gasteiger partial charge in [0.15, 0.2) is 0 Å². The van der Waals surface area contributed by atoms with E-state index in [2.05, 4.69) is 67.5 Å². The van der Waals surface area contributed by atoms with Crippen LogP contribution in [0.1, 0.15) is 56.3 Å². The molecule has 0 fully saturated rings. The molecular formula is C24H29N3O2S. The SMILES string of the molecule is Cc1ccccc1-c1nnc(SCC(=O)N[C@@H](c2ccc(C(C)C)cc2)C(C)C)o1. The van der Waals surface area contributed by atoms with Gasteiger partial charge in [-0.25, -0.2) is 0 Å². The number of thioether (sulfide) groups is 1. The van der Waals surface area contributed by atoms with E-state index in [9.17, 15) is 4.79 Å².